The number of anilines is 1. The normalized spacial score (nSPS) is 15.8. The molecular weight excluding hydrogens is 340 g/mol. The van der Waals surface area contributed by atoms with Gasteiger partial charge in [0.15, 0.2) is 0 Å². The summed E-state index contributed by atoms with van der Waals surface area (Å²) in [5, 5.41) is 9.14. The highest BCUT2D eigenvalue weighted by Gasteiger charge is 2.25. The van der Waals surface area contributed by atoms with Crippen LogP contribution >= 0.6 is 0 Å². The van der Waals surface area contributed by atoms with E-state index < -0.39 is 16.0 Å². The van der Waals surface area contributed by atoms with Gasteiger partial charge in [0.25, 0.3) is 0 Å². The van der Waals surface area contributed by atoms with Crippen molar-refractivity contribution in [2.24, 2.45) is 0 Å². The molecule has 0 bridgehead atoms. The topological polar surface area (TPSA) is 101 Å². The molecule has 0 aliphatic carbocycles. The molecule has 1 fully saturated rings. The quantitative estimate of drug-likeness (QED) is 0.817. The fraction of sp³-hybridized carbons (Fsp3) is 0.278. The van der Waals surface area contributed by atoms with Crippen molar-refractivity contribution < 1.29 is 18.3 Å². The van der Waals surface area contributed by atoms with Crippen molar-refractivity contribution in [3.8, 4) is 11.1 Å². The molecule has 0 unspecified atom stereocenters. The number of sulfonamides is 1. The number of nitrogen functional groups attached to an aromatic ring is 1. The Morgan fingerprint density at radius 3 is 2.20 bits per heavy atom. The Morgan fingerprint density at radius 1 is 0.960 bits per heavy atom. The van der Waals surface area contributed by atoms with Gasteiger partial charge in [0.1, 0.15) is 0 Å². The van der Waals surface area contributed by atoms with Gasteiger partial charge in [-0.15, -0.1) is 0 Å². The van der Waals surface area contributed by atoms with Gasteiger partial charge in [0.2, 0.25) is 10.0 Å². The van der Waals surface area contributed by atoms with Gasteiger partial charge in [-0.05, 0) is 54.3 Å². The summed E-state index contributed by atoms with van der Waals surface area (Å²) in [6.45, 7) is 1.11. The molecular formula is C18H20N2O4S. The summed E-state index contributed by atoms with van der Waals surface area (Å²) in [4.78, 5) is 11.4. The molecule has 0 saturated carbocycles. The van der Waals surface area contributed by atoms with E-state index in [0.29, 0.717) is 29.9 Å². The van der Waals surface area contributed by atoms with Crippen LogP contribution in [0.4, 0.5) is 5.69 Å². The average molecular weight is 360 g/mol. The second kappa shape index (κ2) is 6.85. The molecule has 6 nitrogen and oxygen atoms in total. The van der Waals surface area contributed by atoms with Crippen LogP contribution in [0.1, 0.15) is 29.6 Å². The van der Waals surface area contributed by atoms with Crippen LogP contribution < -0.4 is 5.73 Å². The summed E-state index contributed by atoms with van der Waals surface area (Å²) >= 11 is 0. The van der Waals surface area contributed by atoms with Crippen molar-refractivity contribution in [2.45, 2.75) is 24.2 Å². The summed E-state index contributed by atoms with van der Waals surface area (Å²) < 4.78 is 26.8. The summed E-state index contributed by atoms with van der Waals surface area (Å²) in [6, 6.07) is 11.1. The number of nitrogens with zero attached hydrogens (tertiary/aromatic N) is 1. The fourth-order valence-corrected chi connectivity index (χ4v) is 4.53. The van der Waals surface area contributed by atoms with Crippen LogP contribution in [-0.4, -0.2) is 36.9 Å². The lowest BCUT2D eigenvalue weighted by molar-refractivity contribution is 0.0697. The number of hydrogen-bond acceptors (Lipinski definition) is 4. The van der Waals surface area contributed by atoms with Crippen molar-refractivity contribution in [1.29, 1.82) is 0 Å². The van der Waals surface area contributed by atoms with E-state index in [1.165, 1.54) is 16.4 Å². The van der Waals surface area contributed by atoms with Gasteiger partial charge >= 0.3 is 5.97 Å². The number of benzene rings is 2. The Bertz CT molecular complexity index is 886. The third-order valence-corrected chi connectivity index (χ3v) is 6.26. The first-order valence-corrected chi connectivity index (χ1v) is 9.56. The number of carbonyl (C=O) groups is 1. The Labute approximate surface area is 146 Å². The first kappa shape index (κ1) is 17.4. The highest BCUT2D eigenvalue weighted by atomic mass is 32.2. The van der Waals surface area contributed by atoms with Crippen LogP contribution in [0, 0.1) is 0 Å². The molecule has 2 aromatic rings. The van der Waals surface area contributed by atoms with Crippen molar-refractivity contribution in [1.82, 2.24) is 4.31 Å². The number of aromatic carboxylic acids is 1. The van der Waals surface area contributed by atoms with Crippen LogP contribution in [0.2, 0.25) is 0 Å². The molecule has 0 spiro atoms. The van der Waals surface area contributed by atoms with Crippen LogP contribution in [0.5, 0.6) is 0 Å². The van der Waals surface area contributed by atoms with Gasteiger partial charge in [0.05, 0.1) is 10.5 Å². The van der Waals surface area contributed by atoms with Crippen LogP contribution in [0.25, 0.3) is 11.1 Å². The summed E-state index contributed by atoms with van der Waals surface area (Å²) in [7, 11) is -3.48. The van der Waals surface area contributed by atoms with Crippen LogP contribution in [0.15, 0.2) is 47.4 Å². The maximum absolute atomic E-state index is 12.7. The van der Waals surface area contributed by atoms with E-state index in [9.17, 15) is 13.2 Å². The highest BCUT2D eigenvalue weighted by molar-refractivity contribution is 7.89. The second-order valence-electron chi connectivity index (χ2n) is 6.14. The van der Waals surface area contributed by atoms with Crippen molar-refractivity contribution in [2.75, 3.05) is 18.8 Å². The molecule has 1 aliphatic heterocycles. The van der Waals surface area contributed by atoms with E-state index in [0.717, 1.165) is 19.3 Å². The van der Waals surface area contributed by atoms with Gasteiger partial charge in [-0.1, -0.05) is 18.6 Å². The molecule has 1 aliphatic rings. The van der Waals surface area contributed by atoms with Crippen molar-refractivity contribution >= 4 is 21.7 Å². The van der Waals surface area contributed by atoms with E-state index in [1.54, 1.807) is 30.3 Å². The average Bonchev–Trinajstić information content (AvgIpc) is 2.62. The van der Waals surface area contributed by atoms with Crippen molar-refractivity contribution in [3.63, 3.8) is 0 Å². The fourth-order valence-electron chi connectivity index (χ4n) is 3.02. The summed E-state index contributed by atoms with van der Waals surface area (Å²) in [5.41, 5.74) is 7.56. The van der Waals surface area contributed by atoms with Crippen molar-refractivity contribution in [3.05, 3.63) is 48.0 Å². The third-order valence-electron chi connectivity index (χ3n) is 4.34. The van der Waals surface area contributed by atoms with E-state index in [4.69, 9.17) is 10.8 Å². The smallest absolute Gasteiger partial charge is 0.335 e. The Balaban J connectivity index is 1.91. The van der Waals surface area contributed by atoms with Gasteiger partial charge in [-0.2, -0.15) is 4.31 Å². The molecule has 132 valence electrons. The standard InChI is InChI=1S/C18H20N2O4S/c19-16-11-14(10-15(12-16)18(21)22)13-4-6-17(7-5-13)25(23,24)20-8-2-1-3-9-20/h4-7,10-12H,1-3,8-9,19H2,(H,21,22). The largest absolute Gasteiger partial charge is 0.478 e. The SMILES string of the molecule is Nc1cc(C(=O)O)cc(-c2ccc(S(=O)(=O)N3CCCCC3)cc2)c1. The molecule has 3 N–H and O–H groups in total. The van der Waals surface area contributed by atoms with Crippen LogP contribution in [-0.2, 0) is 10.0 Å². The first-order chi connectivity index (χ1) is 11.9. The third kappa shape index (κ3) is 3.67. The second-order valence-corrected chi connectivity index (χ2v) is 8.08. The zero-order chi connectivity index (χ0) is 18.0. The predicted octanol–water partition coefficient (Wildman–Crippen LogP) is 2.81. The van der Waals surface area contributed by atoms with Crippen LogP contribution in [0.3, 0.4) is 0 Å². The Hall–Kier alpha value is -2.38. The Kier molecular flexibility index (Phi) is 4.78. The molecule has 1 heterocycles. The number of hydrogen-bond donors (Lipinski definition) is 2. The summed E-state index contributed by atoms with van der Waals surface area (Å²) in [6.07, 6.45) is 2.84. The first-order valence-electron chi connectivity index (χ1n) is 8.12. The van der Waals surface area contributed by atoms with E-state index in [1.807, 2.05) is 0 Å². The van der Waals surface area contributed by atoms with Gasteiger partial charge in [-0.3, -0.25) is 0 Å². The Morgan fingerprint density at radius 2 is 1.60 bits per heavy atom. The molecule has 7 heteroatoms. The van der Waals surface area contributed by atoms with E-state index in [-0.39, 0.29) is 10.5 Å². The lowest BCUT2D eigenvalue weighted by Crippen LogP contribution is -2.35. The molecule has 2 aromatic carbocycles. The molecule has 0 amide bonds. The molecule has 3 rings (SSSR count). The minimum Gasteiger partial charge on any atom is -0.478 e. The number of rotatable bonds is 4. The zero-order valence-corrected chi connectivity index (χ0v) is 14.5. The lowest BCUT2D eigenvalue weighted by atomic mass is 10.0. The van der Waals surface area contributed by atoms with Gasteiger partial charge < -0.3 is 10.8 Å². The summed E-state index contributed by atoms with van der Waals surface area (Å²) in [5.74, 6) is -1.06. The monoisotopic (exact) mass is 360 g/mol. The van der Waals surface area contributed by atoms with E-state index >= 15 is 0 Å². The number of carboxylic acid groups (broad SMARTS) is 1. The number of nitrogens with two attached hydrogens (primary N) is 1. The number of carboxylic acids is 1. The maximum atomic E-state index is 12.7. The zero-order valence-electron chi connectivity index (χ0n) is 13.7. The molecule has 1 saturated heterocycles. The molecule has 0 aromatic heterocycles. The predicted molar refractivity (Wildman–Crippen MR) is 95.9 cm³/mol. The molecule has 0 radical (unpaired) electrons. The minimum absolute atomic E-state index is 0.0972. The van der Waals surface area contributed by atoms with Gasteiger partial charge in [-0.25, -0.2) is 13.2 Å². The number of piperidine rings is 1. The molecule has 0 atom stereocenters. The maximum Gasteiger partial charge on any atom is 0.335 e. The highest BCUT2D eigenvalue weighted by Crippen LogP contribution is 2.27. The lowest BCUT2D eigenvalue weighted by Gasteiger charge is -2.25. The van der Waals surface area contributed by atoms with E-state index in [2.05, 4.69) is 0 Å². The molecule has 25 heavy (non-hydrogen) atoms. The van der Waals surface area contributed by atoms with Gasteiger partial charge in [0, 0.05) is 18.8 Å². The minimum atomic E-state index is -3.48.